The van der Waals surface area contributed by atoms with E-state index in [0.717, 1.165) is 10.7 Å². The van der Waals surface area contributed by atoms with Crippen LogP contribution in [0.5, 0.6) is 11.5 Å². The zero-order valence-electron chi connectivity index (χ0n) is 11.3. The van der Waals surface area contributed by atoms with E-state index in [9.17, 15) is 15.4 Å². The fraction of sp³-hybridized carbons (Fsp3) is 0.286. The van der Waals surface area contributed by atoms with Crippen molar-refractivity contribution in [1.29, 1.82) is 0 Å². The summed E-state index contributed by atoms with van der Waals surface area (Å²) in [5.74, 6) is -0.0741. The van der Waals surface area contributed by atoms with E-state index in [0.29, 0.717) is 29.7 Å². The van der Waals surface area contributed by atoms with Gasteiger partial charge in [-0.3, -0.25) is 0 Å². The lowest BCUT2D eigenvalue weighted by Gasteiger charge is -2.09. The second-order valence-corrected chi connectivity index (χ2v) is 5.50. The maximum absolute atomic E-state index is 9.93. The number of hydrogen-bond donors (Lipinski definition) is 3. The molecule has 0 fully saturated rings. The Morgan fingerprint density at radius 1 is 1.30 bits per heavy atom. The van der Waals surface area contributed by atoms with Gasteiger partial charge in [-0.15, -0.1) is 11.3 Å². The number of rotatable bonds is 4. The Bertz CT molecular complexity index is 650. The summed E-state index contributed by atoms with van der Waals surface area (Å²) in [6, 6.07) is 2.91. The number of benzene rings is 1. The Morgan fingerprint density at radius 2 is 2.05 bits per heavy atom. The van der Waals surface area contributed by atoms with E-state index in [2.05, 4.69) is 10.1 Å². The SMILES string of the molecule is CCc1cc(/C(Cc2csc(C)n2)=N\O)c(O)cc1O. The zero-order chi connectivity index (χ0) is 14.7. The summed E-state index contributed by atoms with van der Waals surface area (Å²) in [5, 5.41) is 34.9. The lowest BCUT2D eigenvalue weighted by atomic mass is 10.0. The molecule has 0 saturated carbocycles. The van der Waals surface area contributed by atoms with Crippen molar-refractivity contribution in [2.75, 3.05) is 0 Å². The largest absolute Gasteiger partial charge is 0.508 e. The minimum atomic E-state index is -0.112. The van der Waals surface area contributed by atoms with Crippen LogP contribution in [-0.2, 0) is 12.8 Å². The van der Waals surface area contributed by atoms with Gasteiger partial charge in [-0.1, -0.05) is 12.1 Å². The molecule has 0 spiro atoms. The van der Waals surface area contributed by atoms with Gasteiger partial charge in [-0.2, -0.15) is 0 Å². The number of aromatic nitrogens is 1. The molecule has 0 aliphatic heterocycles. The summed E-state index contributed by atoms with van der Waals surface area (Å²) in [6.07, 6.45) is 0.940. The van der Waals surface area contributed by atoms with Crippen LogP contribution < -0.4 is 0 Å². The molecular formula is C14H16N2O3S. The molecule has 0 atom stereocenters. The van der Waals surface area contributed by atoms with Crippen LogP contribution in [0.4, 0.5) is 0 Å². The first-order valence-electron chi connectivity index (χ1n) is 6.22. The van der Waals surface area contributed by atoms with Crippen LogP contribution in [0.1, 0.15) is 28.8 Å². The van der Waals surface area contributed by atoms with Crippen LogP contribution in [-0.4, -0.2) is 26.1 Å². The Balaban J connectivity index is 2.37. The van der Waals surface area contributed by atoms with Gasteiger partial charge in [0, 0.05) is 23.4 Å². The molecule has 20 heavy (non-hydrogen) atoms. The molecule has 0 aliphatic carbocycles. The van der Waals surface area contributed by atoms with E-state index in [4.69, 9.17) is 0 Å². The molecule has 0 radical (unpaired) electrons. The monoisotopic (exact) mass is 292 g/mol. The second-order valence-electron chi connectivity index (χ2n) is 4.43. The third kappa shape index (κ3) is 2.91. The number of aromatic hydroxyl groups is 2. The maximum Gasteiger partial charge on any atom is 0.128 e. The van der Waals surface area contributed by atoms with Crippen LogP contribution >= 0.6 is 11.3 Å². The molecule has 1 aromatic heterocycles. The summed E-state index contributed by atoms with van der Waals surface area (Å²) >= 11 is 1.52. The second kappa shape index (κ2) is 5.92. The van der Waals surface area contributed by atoms with Crippen molar-refractivity contribution in [1.82, 2.24) is 4.98 Å². The lowest BCUT2D eigenvalue weighted by Crippen LogP contribution is -2.07. The van der Waals surface area contributed by atoms with Crippen molar-refractivity contribution < 1.29 is 15.4 Å². The molecule has 2 aromatic rings. The highest BCUT2D eigenvalue weighted by Crippen LogP contribution is 2.29. The van der Waals surface area contributed by atoms with Crippen LogP contribution in [0.15, 0.2) is 22.7 Å². The van der Waals surface area contributed by atoms with E-state index in [1.807, 2.05) is 19.2 Å². The van der Waals surface area contributed by atoms with Crippen molar-refractivity contribution in [3.8, 4) is 11.5 Å². The Hall–Kier alpha value is -2.08. The Morgan fingerprint density at radius 3 is 2.60 bits per heavy atom. The molecule has 6 heteroatoms. The highest BCUT2D eigenvalue weighted by molar-refractivity contribution is 7.09. The van der Waals surface area contributed by atoms with Crippen LogP contribution in [0.25, 0.3) is 0 Å². The molecule has 0 unspecified atom stereocenters. The number of nitrogens with zero attached hydrogens (tertiary/aromatic N) is 2. The number of thiazole rings is 1. The van der Waals surface area contributed by atoms with Gasteiger partial charge in [0.2, 0.25) is 0 Å². The van der Waals surface area contributed by atoms with E-state index < -0.39 is 0 Å². The third-order valence-corrected chi connectivity index (χ3v) is 3.85. The van der Waals surface area contributed by atoms with Gasteiger partial charge in [0.25, 0.3) is 0 Å². The smallest absolute Gasteiger partial charge is 0.128 e. The van der Waals surface area contributed by atoms with E-state index in [-0.39, 0.29) is 11.5 Å². The first-order valence-corrected chi connectivity index (χ1v) is 7.10. The molecule has 1 aromatic carbocycles. The summed E-state index contributed by atoms with van der Waals surface area (Å²) in [6.45, 7) is 3.80. The summed E-state index contributed by atoms with van der Waals surface area (Å²) in [5.41, 5.74) is 2.20. The van der Waals surface area contributed by atoms with E-state index >= 15 is 0 Å². The Labute approximate surface area is 120 Å². The predicted octanol–water partition coefficient (Wildman–Crippen LogP) is 2.85. The molecule has 0 amide bonds. The molecule has 3 N–H and O–H groups in total. The molecule has 1 heterocycles. The maximum atomic E-state index is 9.93. The third-order valence-electron chi connectivity index (χ3n) is 3.02. The minimum absolute atomic E-state index is 0.0375. The highest BCUT2D eigenvalue weighted by Gasteiger charge is 2.15. The lowest BCUT2D eigenvalue weighted by molar-refractivity contribution is 0.318. The van der Waals surface area contributed by atoms with Crippen molar-refractivity contribution >= 4 is 17.0 Å². The first-order chi connectivity index (χ1) is 9.55. The predicted molar refractivity (Wildman–Crippen MR) is 78.0 cm³/mol. The van der Waals surface area contributed by atoms with Gasteiger partial charge in [-0.05, 0) is 25.0 Å². The number of hydrogen-bond acceptors (Lipinski definition) is 6. The minimum Gasteiger partial charge on any atom is -0.508 e. The summed E-state index contributed by atoms with van der Waals surface area (Å²) < 4.78 is 0. The number of phenolic OH excluding ortho intramolecular Hbond substituents is 2. The fourth-order valence-corrected chi connectivity index (χ4v) is 2.59. The first kappa shape index (κ1) is 14.3. The molecule has 0 saturated heterocycles. The Kier molecular flexibility index (Phi) is 4.24. The van der Waals surface area contributed by atoms with Gasteiger partial charge >= 0.3 is 0 Å². The van der Waals surface area contributed by atoms with Crippen LogP contribution in [0.3, 0.4) is 0 Å². The number of oxime groups is 1. The zero-order valence-corrected chi connectivity index (χ0v) is 12.1. The van der Waals surface area contributed by atoms with Crippen LogP contribution in [0, 0.1) is 6.92 Å². The van der Waals surface area contributed by atoms with Gasteiger partial charge in [0.1, 0.15) is 11.5 Å². The fourth-order valence-electron chi connectivity index (χ4n) is 1.98. The van der Waals surface area contributed by atoms with Gasteiger partial charge < -0.3 is 15.4 Å². The van der Waals surface area contributed by atoms with Crippen molar-refractivity contribution in [2.45, 2.75) is 26.7 Å². The van der Waals surface area contributed by atoms with Gasteiger partial charge in [-0.25, -0.2) is 4.98 Å². The molecule has 5 nitrogen and oxygen atoms in total. The molecule has 2 rings (SSSR count). The molecular weight excluding hydrogens is 276 g/mol. The normalized spacial score (nSPS) is 11.8. The van der Waals surface area contributed by atoms with Gasteiger partial charge in [0.05, 0.1) is 16.4 Å². The number of aryl methyl sites for hydroxylation is 2. The van der Waals surface area contributed by atoms with Crippen LogP contribution in [0.2, 0.25) is 0 Å². The molecule has 0 aliphatic rings. The van der Waals surface area contributed by atoms with Gasteiger partial charge in [0.15, 0.2) is 0 Å². The molecule has 0 bridgehead atoms. The standard InChI is InChI=1S/C14H16N2O3S/c1-3-9-4-11(14(18)6-13(9)17)12(16-19)5-10-7-20-8(2)15-10/h4,6-7,17-19H,3,5H2,1-2H3/b16-12-. The molecule has 106 valence electrons. The van der Waals surface area contributed by atoms with Crippen molar-refractivity contribution in [3.05, 3.63) is 39.3 Å². The van der Waals surface area contributed by atoms with E-state index in [1.165, 1.54) is 17.4 Å². The summed E-state index contributed by atoms with van der Waals surface area (Å²) in [7, 11) is 0. The quantitative estimate of drug-likeness (QED) is 0.459. The van der Waals surface area contributed by atoms with Crippen molar-refractivity contribution in [2.24, 2.45) is 5.16 Å². The van der Waals surface area contributed by atoms with Crippen molar-refractivity contribution in [3.63, 3.8) is 0 Å². The average molecular weight is 292 g/mol. The number of phenols is 2. The average Bonchev–Trinajstić information content (AvgIpc) is 2.82. The summed E-state index contributed by atoms with van der Waals surface area (Å²) in [4.78, 5) is 4.31. The topological polar surface area (TPSA) is 85.9 Å². The van der Waals surface area contributed by atoms with E-state index in [1.54, 1.807) is 6.07 Å². The highest BCUT2D eigenvalue weighted by atomic mass is 32.1.